The standard InChI is InChI=1S/C17H14BrNO2/c1-11(13-7-3-4-8-14(13)18)19-17(20)16-10-12-6-2-5-9-15(12)21-16/h2-11H,1H3,(H,19,20). The van der Waals surface area contributed by atoms with Crippen molar-refractivity contribution in [3.8, 4) is 0 Å². The molecule has 0 fully saturated rings. The fraction of sp³-hybridized carbons (Fsp3) is 0.118. The Morgan fingerprint density at radius 1 is 1.14 bits per heavy atom. The number of rotatable bonds is 3. The average molecular weight is 344 g/mol. The Morgan fingerprint density at radius 3 is 2.62 bits per heavy atom. The Balaban J connectivity index is 1.81. The van der Waals surface area contributed by atoms with Gasteiger partial charge < -0.3 is 9.73 Å². The predicted molar refractivity (Wildman–Crippen MR) is 86.2 cm³/mol. The highest BCUT2D eigenvalue weighted by atomic mass is 79.9. The number of para-hydroxylation sites is 1. The van der Waals surface area contributed by atoms with Crippen molar-refractivity contribution in [3.05, 3.63) is 70.4 Å². The zero-order valence-corrected chi connectivity index (χ0v) is 13.1. The summed E-state index contributed by atoms with van der Waals surface area (Å²) < 4.78 is 6.55. The third-order valence-electron chi connectivity index (χ3n) is 3.37. The summed E-state index contributed by atoms with van der Waals surface area (Å²) in [6.07, 6.45) is 0. The van der Waals surface area contributed by atoms with Gasteiger partial charge in [0.15, 0.2) is 5.76 Å². The molecule has 2 aromatic carbocycles. The molecule has 1 atom stereocenters. The Morgan fingerprint density at radius 2 is 1.86 bits per heavy atom. The van der Waals surface area contributed by atoms with Crippen LogP contribution >= 0.6 is 15.9 Å². The monoisotopic (exact) mass is 343 g/mol. The third kappa shape index (κ3) is 2.85. The van der Waals surface area contributed by atoms with Crippen molar-refractivity contribution in [3.63, 3.8) is 0 Å². The molecule has 3 aromatic rings. The SMILES string of the molecule is CC(NC(=O)c1cc2ccccc2o1)c1ccccc1Br. The van der Waals surface area contributed by atoms with Gasteiger partial charge in [0, 0.05) is 9.86 Å². The molecule has 0 radical (unpaired) electrons. The fourth-order valence-electron chi connectivity index (χ4n) is 2.27. The Hall–Kier alpha value is -2.07. The molecule has 0 bridgehead atoms. The molecule has 0 saturated carbocycles. The lowest BCUT2D eigenvalue weighted by atomic mass is 10.1. The molecule has 0 saturated heterocycles. The summed E-state index contributed by atoms with van der Waals surface area (Å²) in [6.45, 7) is 1.95. The van der Waals surface area contributed by atoms with Crippen molar-refractivity contribution in [1.29, 1.82) is 0 Å². The number of fused-ring (bicyclic) bond motifs is 1. The van der Waals surface area contributed by atoms with E-state index >= 15 is 0 Å². The summed E-state index contributed by atoms with van der Waals surface area (Å²) in [5.74, 6) is 0.115. The first kappa shape index (κ1) is 13.9. The van der Waals surface area contributed by atoms with Gasteiger partial charge in [-0.1, -0.05) is 52.3 Å². The van der Waals surface area contributed by atoms with Gasteiger partial charge in [-0.15, -0.1) is 0 Å². The molecule has 106 valence electrons. The maximum absolute atomic E-state index is 12.3. The van der Waals surface area contributed by atoms with Crippen LogP contribution in [-0.4, -0.2) is 5.91 Å². The second-order valence-electron chi connectivity index (χ2n) is 4.87. The first-order valence-corrected chi connectivity index (χ1v) is 7.48. The minimum atomic E-state index is -0.213. The van der Waals surface area contributed by atoms with Crippen LogP contribution in [-0.2, 0) is 0 Å². The topological polar surface area (TPSA) is 42.2 Å². The van der Waals surface area contributed by atoms with Crippen LogP contribution in [0.5, 0.6) is 0 Å². The lowest BCUT2D eigenvalue weighted by Gasteiger charge is -2.14. The molecule has 1 heterocycles. The highest BCUT2D eigenvalue weighted by Crippen LogP contribution is 2.24. The van der Waals surface area contributed by atoms with Crippen LogP contribution in [0.25, 0.3) is 11.0 Å². The summed E-state index contributed by atoms with van der Waals surface area (Å²) in [7, 11) is 0. The molecular formula is C17H14BrNO2. The van der Waals surface area contributed by atoms with E-state index in [9.17, 15) is 4.79 Å². The molecule has 3 rings (SSSR count). The van der Waals surface area contributed by atoms with Crippen molar-refractivity contribution in [2.75, 3.05) is 0 Å². The molecule has 1 unspecified atom stereocenters. The highest BCUT2D eigenvalue weighted by Gasteiger charge is 2.16. The molecule has 1 amide bonds. The van der Waals surface area contributed by atoms with E-state index in [2.05, 4.69) is 21.2 Å². The van der Waals surface area contributed by atoms with Crippen LogP contribution in [0.1, 0.15) is 29.1 Å². The van der Waals surface area contributed by atoms with E-state index in [4.69, 9.17) is 4.42 Å². The number of halogens is 1. The molecule has 0 aliphatic rings. The zero-order chi connectivity index (χ0) is 14.8. The fourth-order valence-corrected chi connectivity index (χ4v) is 2.89. The first-order chi connectivity index (χ1) is 10.1. The number of benzene rings is 2. The maximum Gasteiger partial charge on any atom is 0.287 e. The quantitative estimate of drug-likeness (QED) is 0.749. The predicted octanol–water partition coefficient (Wildman–Crippen LogP) is 4.69. The molecule has 0 aliphatic carbocycles. The smallest absolute Gasteiger partial charge is 0.287 e. The van der Waals surface area contributed by atoms with E-state index in [1.165, 1.54) is 0 Å². The van der Waals surface area contributed by atoms with Crippen molar-refractivity contribution >= 4 is 32.8 Å². The third-order valence-corrected chi connectivity index (χ3v) is 4.09. The molecule has 1 aromatic heterocycles. The number of carbonyl (C=O) groups excluding carboxylic acids is 1. The zero-order valence-electron chi connectivity index (χ0n) is 11.5. The number of amides is 1. The first-order valence-electron chi connectivity index (χ1n) is 6.69. The second kappa shape index (κ2) is 5.74. The number of hydrogen-bond donors (Lipinski definition) is 1. The van der Waals surface area contributed by atoms with Gasteiger partial charge in [0.2, 0.25) is 0 Å². The lowest BCUT2D eigenvalue weighted by molar-refractivity contribution is 0.0914. The Bertz CT molecular complexity index is 761. The largest absolute Gasteiger partial charge is 0.451 e. The van der Waals surface area contributed by atoms with Crippen LogP contribution < -0.4 is 5.32 Å². The summed E-state index contributed by atoms with van der Waals surface area (Å²) in [4.78, 5) is 12.3. The van der Waals surface area contributed by atoms with Crippen molar-refractivity contribution in [1.82, 2.24) is 5.32 Å². The van der Waals surface area contributed by atoms with E-state index < -0.39 is 0 Å². The number of carbonyl (C=O) groups is 1. The minimum Gasteiger partial charge on any atom is -0.451 e. The van der Waals surface area contributed by atoms with E-state index in [0.29, 0.717) is 5.76 Å². The van der Waals surface area contributed by atoms with Crippen LogP contribution in [0, 0.1) is 0 Å². The van der Waals surface area contributed by atoms with Gasteiger partial charge in [0.05, 0.1) is 6.04 Å². The van der Waals surface area contributed by atoms with E-state index in [1.807, 2.05) is 55.5 Å². The number of hydrogen-bond acceptors (Lipinski definition) is 2. The average Bonchev–Trinajstić information content (AvgIpc) is 2.91. The Kier molecular flexibility index (Phi) is 3.80. The minimum absolute atomic E-state index is 0.110. The summed E-state index contributed by atoms with van der Waals surface area (Å²) in [5.41, 5.74) is 1.75. The van der Waals surface area contributed by atoms with Gasteiger partial charge in [-0.2, -0.15) is 0 Å². The van der Waals surface area contributed by atoms with Gasteiger partial charge in [0.25, 0.3) is 5.91 Å². The molecule has 1 N–H and O–H groups in total. The van der Waals surface area contributed by atoms with Gasteiger partial charge in [0.1, 0.15) is 5.58 Å². The summed E-state index contributed by atoms with van der Waals surface area (Å²) in [5, 5.41) is 3.88. The molecule has 3 nitrogen and oxygen atoms in total. The summed E-state index contributed by atoms with van der Waals surface area (Å²) in [6, 6.07) is 17.1. The van der Waals surface area contributed by atoms with E-state index in [-0.39, 0.29) is 11.9 Å². The lowest BCUT2D eigenvalue weighted by Crippen LogP contribution is -2.26. The van der Waals surface area contributed by atoms with Gasteiger partial charge in [-0.25, -0.2) is 0 Å². The van der Waals surface area contributed by atoms with Crippen LogP contribution in [0.4, 0.5) is 0 Å². The molecule has 21 heavy (non-hydrogen) atoms. The normalized spacial score (nSPS) is 12.3. The van der Waals surface area contributed by atoms with Crippen LogP contribution in [0.3, 0.4) is 0 Å². The van der Waals surface area contributed by atoms with Gasteiger partial charge in [-0.05, 0) is 30.7 Å². The molecular weight excluding hydrogens is 330 g/mol. The van der Waals surface area contributed by atoms with Crippen LogP contribution in [0.2, 0.25) is 0 Å². The number of furan rings is 1. The Labute approximate surface area is 131 Å². The van der Waals surface area contributed by atoms with Crippen molar-refractivity contribution in [2.24, 2.45) is 0 Å². The van der Waals surface area contributed by atoms with Crippen LogP contribution in [0.15, 0.2) is 63.5 Å². The van der Waals surface area contributed by atoms with Gasteiger partial charge in [-0.3, -0.25) is 4.79 Å². The molecule has 4 heteroatoms. The van der Waals surface area contributed by atoms with Crippen molar-refractivity contribution in [2.45, 2.75) is 13.0 Å². The van der Waals surface area contributed by atoms with Crippen molar-refractivity contribution < 1.29 is 9.21 Å². The molecule has 0 aliphatic heterocycles. The van der Waals surface area contributed by atoms with Gasteiger partial charge >= 0.3 is 0 Å². The molecule has 0 spiro atoms. The second-order valence-corrected chi connectivity index (χ2v) is 5.72. The van der Waals surface area contributed by atoms with E-state index in [1.54, 1.807) is 6.07 Å². The van der Waals surface area contributed by atoms with E-state index in [0.717, 1.165) is 21.0 Å². The summed E-state index contributed by atoms with van der Waals surface area (Å²) >= 11 is 3.50. The maximum atomic E-state index is 12.3. The highest BCUT2D eigenvalue weighted by molar-refractivity contribution is 9.10. The number of nitrogens with one attached hydrogen (secondary N) is 1.